The molecule has 0 heterocycles. The molecular weight excluding hydrogens is 261 g/mol. The van der Waals surface area contributed by atoms with Gasteiger partial charge in [-0.2, -0.15) is 13.2 Å². The third kappa shape index (κ3) is 5.30. The summed E-state index contributed by atoms with van der Waals surface area (Å²) in [4.78, 5) is 11.2. The van der Waals surface area contributed by atoms with Crippen molar-refractivity contribution < 1.29 is 27.8 Å². The van der Waals surface area contributed by atoms with E-state index in [4.69, 9.17) is 5.11 Å². The molecule has 1 aromatic carbocycles. The zero-order chi connectivity index (χ0) is 14.5. The Labute approximate surface area is 109 Å². The Morgan fingerprint density at radius 1 is 1.37 bits per heavy atom. The lowest BCUT2D eigenvalue weighted by molar-refractivity contribution is -0.174. The molecule has 0 radical (unpaired) electrons. The number of alkyl halides is 3. The molecule has 0 spiro atoms. The van der Waals surface area contributed by atoms with Crippen LogP contribution in [0, 0.1) is 6.92 Å². The maximum Gasteiger partial charge on any atom is 0.411 e. The first kappa shape index (κ1) is 15.5. The van der Waals surface area contributed by atoms with E-state index in [9.17, 15) is 18.0 Å². The van der Waals surface area contributed by atoms with Crippen molar-refractivity contribution >= 4 is 5.97 Å². The number of benzene rings is 1. The van der Waals surface area contributed by atoms with E-state index < -0.39 is 24.7 Å². The zero-order valence-corrected chi connectivity index (χ0v) is 10.4. The van der Waals surface area contributed by atoms with Crippen LogP contribution in [0.4, 0.5) is 13.2 Å². The van der Waals surface area contributed by atoms with E-state index in [0.29, 0.717) is 5.56 Å². The fourth-order valence-electron chi connectivity index (χ4n) is 1.78. The number of hydrogen-bond donors (Lipinski definition) is 1. The van der Waals surface area contributed by atoms with E-state index in [1.165, 1.54) is 0 Å². The van der Waals surface area contributed by atoms with Crippen molar-refractivity contribution in [3.05, 3.63) is 35.4 Å². The molecule has 1 aromatic rings. The Bertz CT molecular complexity index is 429. The minimum absolute atomic E-state index is 0.0102. The van der Waals surface area contributed by atoms with Crippen molar-refractivity contribution in [3.63, 3.8) is 0 Å². The monoisotopic (exact) mass is 276 g/mol. The van der Waals surface area contributed by atoms with E-state index in [1.807, 2.05) is 0 Å². The largest absolute Gasteiger partial charge is 0.481 e. The van der Waals surface area contributed by atoms with Gasteiger partial charge in [-0.05, 0) is 24.5 Å². The van der Waals surface area contributed by atoms with Crippen molar-refractivity contribution in [1.29, 1.82) is 0 Å². The maximum absolute atomic E-state index is 11.9. The van der Waals surface area contributed by atoms with Gasteiger partial charge in [0.05, 0.1) is 5.92 Å². The van der Waals surface area contributed by atoms with E-state index in [0.717, 1.165) is 5.56 Å². The zero-order valence-electron chi connectivity index (χ0n) is 10.4. The summed E-state index contributed by atoms with van der Waals surface area (Å²) < 4.78 is 40.1. The van der Waals surface area contributed by atoms with Crippen molar-refractivity contribution in [2.75, 3.05) is 13.2 Å². The topological polar surface area (TPSA) is 46.5 Å². The van der Waals surface area contributed by atoms with Gasteiger partial charge in [-0.25, -0.2) is 0 Å². The lowest BCUT2D eigenvalue weighted by Gasteiger charge is -2.15. The van der Waals surface area contributed by atoms with E-state index in [1.54, 1.807) is 31.2 Å². The van der Waals surface area contributed by atoms with Crippen molar-refractivity contribution in [1.82, 2.24) is 0 Å². The molecular formula is C13H15F3O3. The molecule has 1 N–H and O–H groups in total. The molecule has 19 heavy (non-hydrogen) atoms. The van der Waals surface area contributed by atoms with Crippen LogP contribution in [0.2, 0.25) is 0 Å². The van der Waals surface area contributed by atoms with Gasteiger partial charge in [0.1, 0.15) is 6.61 Å². The van der Waals surface area contributed by atoms with Crippen LogP contribution in [0.1, 0.15) is 23.5 Å². The highest BCUT2D eigenvalue weighted by atomic mass is 19.4. The lowest BCUT2D eigenvalue weighted by Crippen LogP contribution is -2.20. The van der Waals surface area contributed by atoms with E-state index >= 15 is 0 Å². The average Bonchev–Trinajstić information content (AvgIpc) is 2.29. The number of rotatable bonds is 6. The predicted octanol–water partition coefficient (Wildman–Crippen LogP) is 3.13. The molecule has 106 valence electrons. The molecule has 1 unspecified atom stereocenters. The summed E-state index contributed by atoms with van der Waals surface area (Å²) in [6, 6.07) is 6.91. The Balaban J connectivity index is 2.60. The van der Waals surface area contributed by atoms with Crippen LogP contribution in [0.3, 0.4) is 0 Å². The summed E-state index contributed by atoms with van der Waals surface area (Å²) in [5.74, 6) is -1.92. The first-order chi connectivity index (χ1) is 8.81. The van der Waals surface area contributed by atoms with Crippen molar-refractivity contribution in [2.24, 2.45) is 0 Å². The summed E-state index contributed by atoms with van der Waals surface area (Å²) in [6.45, 7) is 0.166. The van der Waals surface area contributed by atoms with Gasteiger partial charge in [0.15, 0.2) is 0 Å². The molecule has 0 amide bonds. The van der Waals surface area contributed by atoms with Gasteiger partial charge in [-0.1, -0.05) is 24.3 Å². The number of halogens is 3. The number of carbonyl (C=O) groups is 1. The Morgan fingerprint density at radius 3 is 2.53 bits per heavy atom. The molecule has 3 nitrogen and oxygen atoms in total. The minimum Gasteiger partial charge on any atom is -0.481 e. The number of carboxylic acids is 1. The van der Waals surface area contributed by atoms with Crippen LogP contribution in [0.25, 0.3) is 0 Å². The smallest absolute Gasteiger partial charge is 0.411 e. The molecule has 0 aliphatic rings. The SMILES string of the molecule is Cc1ccccc1C(CCOCC(F)(F)F)C(=O)O. The fourth-order valence-corrected chi connectivity index (χ4v) is 1.78. The summed E-state index contributed by atoms with van der Waals surface area (Å²) in [5.41, 5.74) is 1.40. The number of aryl methyl sites for hydroxylation is 1. The minimum atomic E-state index is -4.39. The van der Waals surface area contributed by atoms with Gasteiger partial charge in [0.2, 0.25) is 0 Å². The summed E-state index contributed by atoms with van der Waals surface area (Å²) >= 11 is 0. The third-order valence-electron chi connectivity index (χ3n) is 2.68. The van der Waals surface area contributed by atoms with Crippen LogP contribution >= 0.6 is 0 Å². The second-order valence-electron chi connectivity index (χ2n) is 4.20. The highest BCUT2D eigenvalue weighted by Crippen LogP contribution is 2.24. The molecule has 0 fully saturated rings. The standard InChI is InChI=1S/C13H15F3O3/c1-9-4-2-3-5-10(9)11(12(17)18)6-7-19-8-13(14,15)16/h2-5,11H,6-8H2,1H3,(H,17,18). The van der Waals surface area contributed by atoms with Crippen LogP contribution in [0.5, 0.6) is 0 Å². The predicted molar refractivity (Wildman–Crippen MR) is 63.0 cm³/mol. The second-order valence-corrected chi connectivity index (χ2v) is 4.20. The van der Waals surface area contributed by atoms with Gasteiger partial charge in [0, 0.05) is 6.61 Å². The summed E-state index contributed by atoms with van der Waals surface area (Å²) in [5, 5.41) is 9.13. The molecule has 1 atom stereocenters. The average molecular weight is 276 g/mol. The molecule has 0 aliphatic heterocycles. The van der Waals surface area contributed by atoms with Gasteiger partial charge >= 0.3 is 12.1 Å². The summed E-state index contributed by atoms with van der Waals surface area (Å²) in [7, 11) is 0. The van der Waals surface area contributed by atoms with Crippen LogP contribution in [-0.4, -0.2) is 30.5 Å². The van der Waals surface area contributed by atoms with Gasteiger partial charge in [0.25, 0.3) is 0 Å². The van der Waals surface area contributed by atoms with Crippen LogP contribution in [-0.2, 0) is 9.53 Å². The molecule has 0 aromatic heterocycles. The first-order valence-corrected chi connectivity index (χ1v) is 5.74. The Hall–Kier alpha value is -1.56. The number of carboxylic acid groups (broad SMARTS) is 1. The van der Waals surface area contributed by atoms with E-state index in [-0.39, 0.29) is 13.0 Å². The first-order valence-electron chi connectivity index (χ1n) is 5.74. The molecule has 0 bridgehead atoms. The second kappa shape index (κ2) is 6.56. The van der Waals surface area contributed by atoms with Crippen molar-refractivity contribution in [3.8, 4) is 0 Å². The number of ether oxygens (including phenoxy) is 1. The molecule has 1 rings (SSSR count). The molecule has 0 saturated heterocycles. The van der Waals surface area contributed by atoms with E-state index in [2.05, 4.69) is 4.74 Å². The lowest BCUT2D eigenvalue weighted by atomic mass is 9.92. The van der Waals surface area contributed by atoms with Gasteiger partial charge in [-0.3, -0.25) is 4.79 Å². The maximum atomic E-state index is 11.9. The third-order valence-corrected chi connectivity index (χ3v) is 2.68. The normalized spacial score (nSPS) is 13.3. The fraction of sp³-hybridized carbons (Fsp3) is 0.462. The molecule has 0 aliphatic carbocycles. The highest BCUT2D eigenvalue weighted by molar-refractivity contribution is 5.76. The molecule has 0 saturated carbocycles. The van der Waals surface area contributed by atoms with Crippen LogP contribution < -0.4 is 0 Å². The van der Waals surface area contributed by atoms with Gasteiger partial charge in [-0.15, -0.1) is 0 Å². The van der Waals surface area contributed by atoms with Crippen LogP contribution in [0.15, 0.2) is 24.3 Å². The number of aliphatic carboxylic acids is 1. The Morgan fingerprint density at radius 2 is 2.00 bits per heavy atom. The number of hydrogen-bond acceptors (Lipinski definition) is 2. The Kier molecular flexibility index (Phi) is 5.35. The summed E-state index contributed by atoms with van der Waals surface area (Å²) in [6.07, 6.45) is -4.38. The molecule has 6 heteroatoms. The quantitative estimate of drug-likeness (QED) is 0.812. The highest BCUT2D eigenvalue weighted by Gasteiger charge is 2.28. The van der Waals surface area contributed by atoms with Crippen molar-refractivity contribution in [2.45, 2.75) is 25.4 Å². The van der Waals surface area contributed by atoms with Gasteiger partial charge < -0.3 is 9.84 Å².